The molecule has 1 aliphatic heterocycles. The molecule has 3 aromatic carbocycles. The molecule has 1 fully saturated rings. The Balaban J connectivity index is 1.45. The van der Waals surface area contributed by atoms with Crippen LogP contribution < -0.4 is 4.90 Å². The summed E-state index contributed by atoms with van der Waals surface area (Å²) in [7, 11) is 0. The van der Waals surface area contributed by atoms with Gasteiger partial charge in [0.25, 0.3) is 11.6 Å². The van der Waals surface area contributed by atoms with Crippen LogP contribution in [0.5, 0.6) is 0 Å². The fraction of sp³-hybridized carbons (Fsp3) is 0.154. The summed E-state index contributed by atoms with van der Waals surface area (Å²) < 4.78 is 15.8. The Morgan fingerprint density at radius 2 is 1.67 bits per heavy atom. The third-order valence-corrected chi connectivity index (χ3v) is 6.35. The molecule has 1 aromatic heterocycles. The van der Waals surface area contributed by atoms with E-state index in [0.29, 0.717) is 59.5 Å². The highest BCUT2D eigenvalue weighted by Gasteiger charge is 2.27. The first-order chi connectivity index (χ1) is 17.4. The van der Waals surface area contributed by atoms with Crippen molar-refractivity contribution < 1.29 is 14.1 Å². The van der Waals surface area contributed by atoms with Crippen LogP contribution in [0.25, 0.3) is 16.9 Å². The van der Waals surface area contributed by atoms with Gasteiger partial charge in [-0.1, -0.05) is 29.8 Å². The molecule has 0 saturated carbocycles. The molecule has 0 N–H and O–H groups in total. The van der Waals surface area contributed by atoms with Gasteiger partial charge < -0.3 is 9.80 Å². The minimum Gasteiger partial charge on any atom is -0.366 e. The fourth-order valence-corrected chi connectivity index (χ4v) is 4.44. The number of nitro groups is 1. The van der Waals surface area contributed by atoms with E-state index in [4.69, 9.17) is 11.6 Å². The molecule has 0 bridgehead atoms. The van der Waals surface area contributed by atoms with Crippen LogP contribution in [0.4, 0.5) is 15.8 Å². The number of nitro benzene ring substituents is 1. The molecule has 36 heavy (non-hydrogen) atoms. The summed E-state index contributed by atoms with van der Waals surface area (Å²) in [5.41, 5.74) is 2.58. The lowest BCUT2D eigenvalue weighted by atomic mass is 10.1. The molecular weight excluding hydrogens is 485 g/mol. The number of amides is 1. The third kappa shape index (κ3) is 4.65. The zero-order valence-electron chi connectivity index (χ0n) is 19.1. The first-order valence-electron chi connectivity index (χ1n) is 11.3. The van der Waals surface area contributed by atoms with Gasteiger partial charge in [-0.05, 0) is 48.5 Å². The molecule has 0 aliphatic carbocycles. The van der Waals surface area contributed by atoms with Crippen LogP contribution in [0.1, 0.15) is 10.5 Å². The summed E-state index contributed by atoms with van der Waals surface area (Å²) in [5, 5.41) is 16.2. The predicted octanol–water partition coefficient (Wildman–Crippen LogP) is 5.20. The largest absolute Gasteiger partial charge is 0.366 e. The van der Waals surface area contributed by atoms with Crippen LogP contribution in [0.3, 0.4) is 0 Å². The fourth-order valence-electron chi connectivity index (χ4n) is 4.25. The molecule has 1 amide bonds. The second-order valence-electron chi connectivity index (χ2n) is 8.34. The number of carbonyl (C=O) groups is 1. The smallest absolute Gasteiger partial charge is 0.272 e. The van der Waals surface area contributed by atoms with Gasteiger partial charge in [0.2, 0.25) is 0 Å². The van der Waals surface area contributed by atoms with E-state index in [1.807, 2.05) is 4.90 Å². The number of hydrogen-bond donors (Lipinski definition) is 0. The topological polar surface area (TPSA) is 84.5 Å². The summed E-state index contributed by atoms with van der Waals surface area (Å²) in [4.78, 5) is 27.8. The molecule has 10 heteroatoms. The average Bonchev–Trinajstić information content (AvgIpc) is 3.34. The van der Waals surface area contributed by atoms with Crippen molar-refractivity contribution >= 4 is 28.9 Å². The lowest BCUT2D eigenvalue weighted by Crippen LogP contribution is -2.49. The van der Waals surface area contributed by atoms with E-state index >= 15 is 0 Å². The Labute approximate surface area is 211 Å². The summed E-state index contributed by atoms with van der Waals surface area (Å²) in [6.45, 7) is 1.82. The van der Waals surface area contributed by atoms with Crippen molar-refractivity contribution in [3.8, 4) is 16.9 Å². The summed E-state index contributed by atoms with van der Waals surface area (Å²) in [5.74, 6) is -0.507. The van der Waals surface area contributed by atoms with Crippen LogP contribution in [-0.4, -0.2) is 51.7 Å². The molecule has 182 valence electrons. The van der Waals surface area contributed by atoms with Crippen molar-refractivity contribution in [3.05, 3.63) is 106 Å². The van der Waals surface area contributed by atoms with Gasteiger partial charge >= 0.3 is 0 Å². The first-order valence-corrected chi connectivity index (χ1v) is 11.7. The van der Waals surface area contributed by atoms with Crippen molar-refractivity contribution in [1.29, 1.82) is 0 Å². The molecule has 0 unspecified atom stereocenters. The zero-order chi connectivity index (χ0) is 25.2. The van der Waals surface area contributed by atoms with E-state index in [1.54, 1.807) is 65.6 Å². The molecule has 2 heterocycles. The maximum absolute atomic E-state index is 14.2. The molecule has 1 aliphatic rings. The second kappa shape index (κ2) is 9.79. The normalized spacial score (nSPS) is 13.6. The summed E-state index contributed by atoms with van der Waals surface area (Å²) >= 11 is 6.20. The van der Waals surface area contributed by atoms with Gasteiger partial charge in [0.05, 0.1) is 22.0 Å². The molecular formula is C26H21ClFN5O3. The van der Waals surface area contributed by atoms with Crippen molar-refractivity contribution in [2.45, 2.75) is 0 Å². The van der Waals surface area contributed by atoms with E-state index in [2.05, 4.69) is 5.10 Å². The highest BCUT2D eigenvalue weighted by Crippen LogP contribution is 2.27. The van der Waals surface area contributed by atoms with Gasteiger partial charge in [0.1, 0.15) is 11.5 Å². The number of benzene rings is 3. The van der Waals surface area contributed by atoms with E-state index in [0.717, 1.165) is 0 Å². The second-order valence-corrected chi connectivity index (χ2v) is 8.78. The monoisotopic (exact) mass is 505 g/mol. The number of non-ortho nitro benzene ring substituents is 1. The number of rotatable bonds is 5. The number of para-hydroxylation sites is 1. The molecule has 8 nitrogen and oxygen atoms in total. The van der Waals surface area contributed by atoms with E-state index in [-0.39, 0.29) is 17.4 Å². The van der Waals surface area contributed by atoms with Crippen LogP contribution in [0, 0.1) is 15.9 Å². The number of carbonyl (C=O) groups excluding carboxylic acids is 1. The summed E-state index contributed by atoms with van der Waals surface area (Å²) in [6.07, 6.45) is 0. The van der Waals surface area contributed by atoms with Crippen molar-refractivity contribution in [2.24, 2.45) is 0 Å². The van der Waals surface area contributed by atoms with Gasteiger partial charge in [-0.15, -0.1) is 0 Å². The number of nitrogens with zero attached hydrogens (tertiary/aromatic N) is 5. The van der Waals surface area contributed by atoms with Gasteiger partial charge in [-0.3, -0.25) is 14.9 Å². The highest BCUT2D eigenvalue weighted by molar-refractivity contribution is 6.30. The minimum atomic E-state index is -0.468. The maximum atomic E-state index is 14.2. The quantitative estimate of drug-likeness (QED) is 0.275. The molecule has 0 spiro atoms. The number of halogens is 2. The molecule has 0 radical (unpaired) electrons. The lowest BCUT2D eigenvalue weighted by molar-refractivity contribution is -0.384. The number of aromatic nitrogens is 2. The Kier molecular flexibility index (Phi) is 6.39. The average molecular weight is 506 g/mol. The van der Waals surface area contributed by atoms with Gasteiger partial charge in [0, 0.05) is 48.9 Å². The molecule has 4 aromatic rings. The van der Waals surface area contributed by atoms with Crippen molar-refractivity contribution in [2.75, 3.05) is 31.1 Å². The molecule has 1 saturated heterocycles. The number of hydrogen-bond acceptors (Lipinski definition) is 5. The Bertz CT molecular complexity index is 1430. The third-order valence-electron chi connectivity index (χ3n) is 6.12. The Morgan fingerprint density at radius 1 is 0.944 bits per heavy atom. The Hall–Kier alpha value is -4.24. The zero-order valence-corrected chi connectivity index (χ0v) is 19.8. The summed E-state index contributed by atoms with van der Waals surface area (Å²) in [6, 6.07) is 21.3. The maximum Gasteiger partial charge on any atom is 0.272 e. The SMILES string of the molecule is O=C(c1cc(-c2ccc([N+](=O)[O-])cc2)nn1-c1cccc(Cl)c1)N1CCN(c2ccccc2F)CC1. The first kappa shape index (κ1) is 23.5. The van der Waals surface area contributed by atoms with Gasteiger partial charge in [-0.25, -0.2) is 9.07 Å². The van der Waals surface area contributed by atoms with E-state index < -0.39 is 4.92 Å². The number of piperazine rings is 1. The Morgan fingerprint density at radius 3 is 2.33 bits per heavy atom. The predicted molar refractivity (Wildman–Crippen MR) is 135 cm³/mol. The van der Waals surface area contributed by atoms with E-state index in [9.17, 15) is 19.3 Å². The molecule has 0 atom stereocenters. The van der Waals surface area contributed by atoms with Gasteiger partial charge in [0.15, 0.2) is 0 Å². The van der Waals surface area contributed by atoms with Crippen molar-refractivity contribution in [3.63, 3.8) is 0 Å². The van der Waals surface area contributed by atoms with Crippen LogP contribution >= 0.6 is 11.6 Å². The lowest BCUT2D eigenvalue weighted by Gasteiger charge is -2.36. The van der Waals surface area contributed by atoms with Crippen LogP contribution in [0.15, 0.2) is 78.9 Å². The van der Waals surface area contributed by atoms with Crippen LogP contribution in [-0.2, 0) is 0 Å². The van der Waals surface area contributed by atoms with E-state index in [1.165, 1.54) is 22.9 Å². The standard InChI is InChI=1S/C26H21ClFN5O3/c27-19-4-3-5-21(16-19)32-25(17-23(29-32)18-8-10-20(11-9-18)33(35)36)26(34)31-14-12-30(13-15-31)24-7-2-1-6-22(24)28/h1-11,16-17H,12-15H2. The minimum absolute atomic E-state index is 0.0305. The van der Waals surface area contributed by atoms with Gasteiger partial charge in [-0.2, -0.15) is 5.10 Å². The molecule has 5 rings (SSSR count). The number of anilines is 1. The highest BCUT2D eigenvalue weighted by atomic mass is 35.5. The van der Waals surface area contributed by atoms with Crippen molar-refractivity contribution in [1.82, 2.24) is 14.7 Å². The van der Waals surface area contributed by atoms with Crippen LogP contribution in [0.2, 0.25) is 5.02 Å².